The van der Waals surface area contributed by atoms with Crippen molar-refractivity contribution in [2.45, 2.75) is 569 Å². The molecule has 0 radical (unpaired) electrons. The second-order valence-corrected chi connectivity index (χ2v) is 61.3. The molecule has 0 aliphatic heterocycles. The van der Waals surface area contributed by atoms with Crippen LogP contribution >= 0.6 is 79.6 Å². The van der Waals surface area contributed by atoms with E-state index < -0.39 is 22.8 Å². The van der Waals surface area contributed by atoms with Gasteiger partial charge in [-0.15, -0.1) is 56.9 Å². The molecule has 0 aliphatic carbocycles. The van der Waals surface area contributed by atoms with Gasteiger partial charge in [0.2, 0.25) is 0 Å². The first kappa shape index (κ1) is 136. The fourth-order valence-corrected chi connectivity index (χ4v) is 29.3. The molecule has 9 nitrogen and oxygen atoms in total. The number of thiazole rings is 1. The Morgan fingerprint density at radius 3 is 0.532 bits per heavy atom. The van der Waals surface area contributed by atoms with Crippen molar-refractivity contribution < 1.29 is 58.7 Å². The molecule has 0 aliphatic rings. The molecule has 0 saturated heterocycles. The monoisotopic (exact) mass is 2090 g/mol. The second kappa shape index (κ2) is 112. The third-order valence-electron chi connectivity index (χ3n) is 23.2. The largest absolute Gasteiger partial charge is 4.00 e. The summed E-state index contributed by atoms with van der Waals surface area (Å²) in [6.07, 6.45) is 105. The molecule has 1 aromatic heterocycles. The van der Waals surface area contributed by atoms with E-state index in [1.807, 2.05) is 23.7 Å². The van der Waals surface area contributed by atoms with Gasteiger partial charge in [0.1, 0.15) is 0 Å². The number of benzene rings is 1. The topological polar surface area (TPSA) is 142 Å². The molecule has 1 heterocycles. The minimum absolute atomic E-state index is 0. The Morgan fingerprint density at radius 2 is 0.373 bits per heavy atom. The van der Waals surface area contributed by atoms with E-state index in [0.717, 1.165) is 79.9 Å². The number of hydrogen-bond acceptors (Lipinski definition) is 18. The van der Waals surface area contributed by atoms with Gasteiger partial charge in [-0.1, -0.05) is 577 Å². The van der Waals surface area contributed by atoms with E-state index in [9.17, 15) is 19.6 Å². The van der Waals surface area contributed by atoms with Gasteiger partial charge >= 0.3 is 21.1 Å². The molecular weight excluding hydrogens is 1890 g/mol. The van der Waals surface area contributed by atoms with Gasteiger partial charge in [-0.05, 0) is 86.5 Å². The minimum atomic E-state index is -2.85. The van der Waals surface area contributed by atoms with E-state index in [1.54, 1.807) is 11.3 Å². The van der Waals surface area contributed by atoms with Crippen LogP contribution in [0.25, 0.3) is 10.2 Å². The molecule has 0 spiro atoms. The number of hydrogen-bond donors (Lipinski definition) is 0. The summed E-state index contributed by atoms with van der Waals surface area (Å²) in [5, 5.41) is 0. The summed E-state index contributed by atoms with van der Waals surface area (Å²) in [6, 6.07) is 8.13. The van der Waals surface area contributed by atoms with Gasteiger partial charge in [0.05, 0.1) is 42.2 Å². The number of nitrogens with zero attached hydrogens (tertiary/aromatic N) is 1. The maximum absolute atomic E-state index is 12.3. The average Bonchev–Trinajstić information content (AvgIpc) is 1.74. The SMILES string of the molecule is CCCCCCCCCCCCOP([O-])(=S)SCCCCCCCCCCCC.CCCCCCCCCCCCOP([O-])(=S)SCCCCCCCCCCCC.CCCCCCCCCCCCOP([O-])(=S)SCCCCCCCCCCCC.CCCCCCCCCCCCOP([O-])(=S)SCCCCCCCCCCCC.[Mo+4].c1ccc2scnc2c1. The van der Waals surface area contributed by atoms with Crippen molar-refractivity contribution in [1.29, 1.82) is 0 Å². The second-order valence-electron chi connectivity index (χ2n) is 35.7. The third-order valence-corrected chi connectivity index (χ3v) is 41.5. The number of fused-ring (bicyclic) bond motifs is 1. The van der Waals surface area contributed by atoms with Crippen molar-refractivity contribution >= 4 is 137 Å². The van der Waals surface area contributed by atoms with Crippen LogP contribution in [0.1, 0.15) is 569 Å². The zero-order valence-electron chi connectivity index (χ0n) is 83.7. The number of unbranched alkanes of at least 4 members (excludes halogenated alkanes) is 72. The van der Waals surface area contributed by atoms with Gasteiger partial charge in [-0.2, -0.15) is 0 Å². The van der Waals surface area contributed by atoms with E-state index in [1.165, 1.54) is 513 Å². The molecule has 2 aromatic rings. The summed E-state index contributed by atoms with van der Waals surface area (Å²) < 4.78 is 23.4. The zero-order valence-corrected chi connectivity index (χ0v) is 96.6. The normalized spacial score (nSPS) is 13.3. The first-order valence-electron chi connectivity index (χ1n) is 53.6. The van der Waals surface area contributed by atoms with Crippen molar-refractivity contribution in [3.8, 4) is 0 Å². The first-order valence-corrected chi connectivity index (χ1v) is 71.4. The van der Waals surface area contributed by atoms with E-state index in [-0.39, 0.29) is 21.1 Å². The van der Waals surface area contributed by atoms with Crippen molar-refractivity contribution in [3.63, 3.8) is 0 Å². The Morgan fingerprint density at radius 1 is 0.230 bits per heavy atom. The summed E-state index contributed by atoms with van der Waals surface area (Å²) in [4.78, 5) is 53.3. The van der Waals surface area contributed by atoms with Crippen molar-refractivity contribution in [2.24, 2.45) is 0 Å². The molecule has 0 fully saturated rings. The smallest absolute Gasteiger partial charge is 0.793 e. The summed E-state index contributed by atoms with van der Waals surface area (Å²) in [5.41, 5.74) is -8.42. The molecular formula is C103H205MoNO8P4S9. The van der Waals surface area contributed by atoms with Gasteiger partial charge < -0.3 is 37.7 Å². The van der Waals surface area contributed by atoms with E-state index in [2.05, 4.69) is 66.4 Å². The van der Waals surface area contributed by atoms with Crippen LogP contribution < -0.4 is 19.6 Å². The molecule has 2 rings (SSSR count). The Balaban J connectivity index is -0.000000756. The van der Waals surface area contributed by atoms with Crippen LogP contribution in [-0.2, 0) is 86.4 Å². The fourth-order valence-electron chi connectivity index (χ4n) is 15.1. The van der Waals surface area contributed by atoms with Crippen molar-refractivity contribution in [2.75, 3.05) is 49.4 Å². The van der Waals surface area contributed by atoms with E-state index in [4.69, 9.17) is 65.3 Å². The number of aromatic nitrogens is 1. The summed E-state index contributed by atoms with van der Waals surface area (Å²) >= 11 is 27.9. The Labute approximate surface area is 841 Å². The van der Waals surface area contributed by atoms with Crippen LogP contribution in [0.2, 0.25) is 0 Å². The zero-order chi connectivity index (χ0) is 92.0. The quantitative estimate of drug-likeness (QED) is 0.0352. The first-order chi connectivity index (χ1) is 61.0. The van der Waals surface area contributed by atoms with Crippen LogP contribution in [0.15, 0.2) is 29.8 Å². The Bertz CT molecular complexity index is 2160. The van der Waals surface area contributed by atoms with Crippen LogP contribution in [0.5, 0.6) is 0 Å². The predicted octanol–water partition coefficient (Wildman–Crippen LogP) is 38.9. The number of para-hydroxylation sites is 1. The summed E-state index contributed by atoms with van der Waals surface area (Å²) in [7, 11) is 0. The molecule has 0 amide bonds. The maximum Gasteiger partial charge on any atom is 4.00 e. The molecule has 4 unspecified atom stereocenters. The van der Waals surface area contributed by atoms with Gasteiger partial charge in [-0.3, -0.25) is 0 Å². The predicted molar refractivity (Wildman–Crippen MR) is 585 cm³/mol. The van der Waals surface area contributed by atoms with Crippen molar-refractivity contribution in [3.05, 3.63) is 29.8 Å². The fraction of sp³-hybridized carbons (Fsp3) is 0.932. The van der Waals surface area contributed by atoms with Gasteiger partial charge in [-0.25, -0.2) is 4.98 Å². The molecule has 0 bridgehead atoms. The molecule has 4 atom stereocenters. The standard InChI is InChI=1S/4C24H51O2PS2.C7H5NS.Mo/c4*1-3-5-7-9-11-13-15-17-19-21-23-26-27(25,28)29-24-22-20-18-16-14-12-10-8-6-4-2;1-2-4-7-6(3-1)8-5-9-7;/h4*3-24H2,1-2H3,(H,25,28);1-5H;/q;;;;;+4/p-4. The summed E-state index contributed by atoms with van der Waals surface area (Å²) in [6.45, 7) is 20.4. The molecule has 1 aromatic carbocycles. The van der Waals surface area contributed by atoms with Gasteiger partial charge in [0.25, 0.3) is 0 Å². The van der Waals surface area contributed by atoms with Crippen LogP contribution in [-0.4, -0.2) is 54.4 Å². The van der Waals surface area contributed by atoms with Crippen LogP contribution in [0.4, 0.5) is 0 Å². The minimum Gasteiger partial charge on any atom is -0.793 e. The molecule has 126 heavy (non-hydrogen) atoms. The number of rotatable bonds is 96. The van der Waals surface area contributed by atoms with Gasteiger partial charge in [0.15, 0.2) is 0 Å². The molecule has 23 heteroatoms. The van der Waals surface area contributed by atoms with Gasteiger partial charge in [0, 0.05) is 22.8 Å². The third kappa shape index (κ3) is 116. The molecule has 0 N–H and O–H groups in total. The van der Waals surface area contributed by atoms with Crippen molar-refractivity contribution in [1.82, 2.24) is 4.98 Å². The summed E-state index contributed by atoms with van der Waals surface area (Å²) in [5.74, 6) is 3.54. The Kier molecular flexibility index (Phi) is 121. The average molecular weight is 2090 g/mol. The van der Waals surface area contributed by atoms with E-state index in [0.29, 0.717) is 26.4 Å². The van der Waals surface area contributed by atoms with Crippen LogP contribution in [0, 0.1) is 0 Å². The molecule has 750 valence electrons. The van der Waals surface area contributed by atoms with Crippen LogP contribution in [0.3, 0.4) is 0 Å². The van der Waals surface area contributed by atoms with E-state index >= 15 is 0 Å². The maximum atomic E-state index is 12.3. The Hall–Kier alpha value is 3.48. The molecule has 0 saturated carbocycles.